The predicted molar refractivity (Wildman–Crippen MR) is 105 cm³/mol. The van der Waals surface area contributed by atoms with Crippen molar-refractivity contribution >= 4 is 21.2 Å². The molecule has 0 fully saturated rings. The van der Waals surface area contributed by atoms with Crippen LogP contribution in [0.3, 0.4) is 0 Å². The van der Waals surface area contributed by atoms with Crippen LogP contribution in [0.5, 0.6) is 11.5 Å². The molecule has 0 saturated carbocycles. The van der Waals surface area contributed by atoms with Gasteiger partial charge in [-0.05, 0) is 13.0 Å². The second-order valence-corrected chi connectivity index (χ2v) is 7.71. The first kappa shape index (κ1) is 19.7. The molecule has 150 valence electrons. The van der Waals surface area contributed by atoms with Gasteiger partial charge >= 0.3 is 0 Å². The molecule has 0 atom stereocenters. The van der Waals surface area contributed by atoms with Crippen LogP contribution in [-0.2, 0) is 23.0 Å². The standard InChI is InChI=1S/C18H22N4O5S/c1-5-17-19-22(6-2)18(23)16-10-15(11-21(16)17)28(24,25)20-12-7-13(26-3)9-14(8-12)27-4/h7-11,20H,5-6H2,1-4H3. The molecular formula is C18H22N4O5S. The summed E-state index contributed by atoms with van der Waals surface area (Å²) in [5, 5.41) is 4.28. The number of methoxy groups -OCH3 is 2. The smallest absolute Gasteiger partial charge is 0.291 e. The van der Waals surface area contributed by atoms with Gasteiger partial charge in [-0.2, -0.15) is 5.10 Å². The number of fused-ring (bicyclic) bond motifs is 1. The number of nitrogens with zero attached hydrogens (tertiary/aromatic N) is 3. The van der Waals surface area contributed by atoms with E-state index in [1.54, 1.807) is 18.2 Å². The van der Waals surface area contributed by atoms with Crippen LogP contribution in [0.1, 0.15) is 19.7 Å². The van der Waals surface area contributed by atoms with E-state index in [9.17, 15) is 13.2 Å². The van der Waals surface area contributed by atoms with E-state index in [-0.39, 0.29) is 21.7 Å². The summed E-state index contributed by atoms with van der Waals surface area (Å²) in [6.45, 7) is 4.10. The number of aromatic nitrogens is 3. The lowest BCUT2D eigenvalue weighted by Gasteiger charge is -2.10. The van der Waals surface area contributed by atoms with Crippen molar-refractivity contribution in [3.05, 3.63) is 46.6 Å². The quantitative estimate of drug-likeness (QED) is 0.643. The third kappa shape index (κ3) is 3.55. The lowest BCUT2D eigenvalue weighted by atomic mass is 10.3. The molecule has 0 unspecified atom stereocenters. The highest BCUT2D eigenvalue weighted by Crippen LogP contribution is 2.28. The highest BCUT2D eigenvalue weighted by molar-refractivity contribution is 7.92. The zero-order valence-corrected chi connectivity index (χ0v) is 16.9. The number of anilines is 1. The van der Waals surface area contributed by atoms with Gasteiger partial charge in [-0.3, -0.25) is 13.9 Å². The van der Waals surface area contributed by atoms with Crippen molar-refractivity contribution in [2.45, 2.75) is 31.7 Å². The van der Waals surface area contributed by atoms with E-state index in [1.165, 1.54) is 35.6 Å². The van der Waals surface area contributed by atoms with Crippen LogP contribution in [0, 0.1) is 0 Å². The Morgan fingerprint density at radius 2 is 1.71 bits per heavy atom. The molecule has 3 aromatic rings. The van der Waals surface area contributed by atoms with Gasteiger partial charge in [0.25, 0.3) is 15.6 Å². The average molecular weight is 406 g/mol. The maximum Gasteiger partial charge on any atom is 0.291 e. The SMILES string of the molecule is CCc1nn(CC)c(=O)c2cc(S(=O)(=O)Nc3cc(OC)cc(OC)c3)cn12. The molecule has 0 amide bonds. The maximum atomic E-state index is 12.9. The van der Waals surface area contributed by atoms with E-state index in [1.807, 2.05) is 13.8 Å². The Labute approximate surface area is 162 Å². The number of hydrogen-bond donors (Lipinski definition) is 1. The summed E-state index contributed by atoms with van der Waals surface area (Å²) in [4.78, 5) is 12.5. The zero-order valence-electron chi connectivity index (χ0n) is 16.1. The Hall–Kier alpha value is -3.01. The first-order chi connectivity index (χ1) is 13.3. The molecule has 28 heavy (non-hydrogen) atoms. The molecule has 1 N–H and O–H groups in total. The summed E-state index contributed by atoms with van der Waals surface area (Å²) in [5.41, 5.74) is 0.202. The predicted octanol–water partition coefficient (Wildman–Crippen LogP) is 1.90. The molecule has 2 aromatic heterocycles. The van der Waals surface area contributed by atoms with Gasteiger partial charge in [0.2, 0.25) is 0 Å². The van der Waals surface area contributed by atoms with Crippen molar-refractivity contribution in [2.24, 2.45) is 0 Å². The van der Waals surface area contributed by atoms with Crippen molar-refractivity contribution in [1.29, 1.82) is 0 Å². The Kier molecular flexibility index (Phi) is 5.32. The average Bonchev–Trinajstić information content (AvgIpc) is 3.14. The Morgan fingerprint density at radius 1 is 1.07 bits per heavy atom. The van der Waals surface area contributed by atoms with Crippen LogP contribution < -0.4 is 19.8 Å². The summed E-state index contributed by atoms with van der Waals surface area (Å²) in [5.74, 6) is 1.49. The third-order valence-electron chi connectivity index (χ3n) is 4.29. The molecule has 0 aliphatic carbocycles. The molecule has 0 saturated heterocycles. The number of ether oxygens (including phenoxy) is 2. The largest absolute Gasteiger partial charge is 0.497 e. The zero-order chi connectivity index (χ0) is 20.5. The molecule has 2 heterocycles. The van der Waals surface area contributed by atoms with E-state index in [2.05, 4.69) is 9.82 Å². The highest BCUT2D eigenvalue weighted by Gasteiger charge is 2.20. The van der Waals surface area contributed by atoms with Gasteiger partial charge in [0.15, 0.2) is 0 Å². The number of sulfonamides is 1. The summed E-state index contributed by atoms with van der Waals surface area (Å²) in [7, 11) is -0.989. The first-order valence-electron chi connectivity index (χ1n) is 8.71. The van der Waals surface area contributed by atoms with E-state index in [0.29, 0.717) is 30.3 Å². The first-order valence-corrected chi connectivity index (χ1v) is 10.2. The van der Waals surface area contributed by atoms with Crippen LogP contribution in [0.25, 0.3) is 5.52 Å². The fourth-order valence-corrected chi connectivity index (χ4v) is 3.92. The fourth-order valence-electron chi connectivity index (χ4n) is 2.86. The summed E-state index contributed by atoms with van der Waals surface area (Å²) in [6, 6.07) is 6.07. The fraction of sp³-hybridized carbons (Fsp3) is 0.333. The molecule has 0 bridgehead atoms. The third-order valence-corrected chi connectivity index (χ3v) is 5.64. The van der Waals surface area contributed by atoms with Crippen molar-refractivity contribution in [3.8, 4) is 11.5 Å². The minimum atomic E-state index is -3.94. The van der Waals surface area contributed by atoms with Gasteiger partial charge in [0, 0.05) is 37.4 Å². The van der Waals surface area contributed by atoms with Crippen molar-refractivity contribution in [1.82, 2.24) is 14.2 Å². The Morgan fingerprint density at radius 3 is 2.25 bits per heavy atom. The van der Waals surface area contributed by atoms with Crippen molar-refractivity contribution < 1.29 is 17.9 Å². The second-order valence-electron chi connectivity index (χ2n) is 6.03. The molecule has 0 radical (unpaired) electrons. The molecule has 9 nitrogen and oxygen atoms in total. The van der Waals surface area contributed by atoms with Crippen molar-refractivity contribution in [3.63, 3.8) is 0 Å². The lowest BCUT2D eigenvalue weighted by Crippen LogP contribution is -2.26. The van der Waals surface area contributed by atoms with Gasteiger partial charge in [-0.15, -0.1) is 0 Å². The summed E-state index contributed by atoms with van der Waals surface area (Å²) >= 11 is 0. The van der Waals surface area contributed by atoms with Crippen LogP contribution >= 0.6 is 0 Å². The summed E-state index contributed by atoms with van der Waals surface area (Å²) in [6.07, 6.45) is 1.95. The van der Waals surface area contributed by atoms with Gasteiger partial charge in [-0.1, -0.05) is 6.92 Å². The molecule has 0 aliphatic heterocycles. The molecule has 10 heteroatoms. The maximum absolute atomic E-state index is 12.9. The molecule has 3 rings (SSSR count). The molecule has 1 aromatic carbocycles. The number of rotatable bonds is 7. The summed E-state index contributed by atoms with van der Waals surface area (Å²) < 4.78 is 41.5. The van der Waals surface area contributed by atoms with Crippen LogP contribution in [0.4, 0.5) is 5.69 Å². The lowest BCUT2D eigenvalue weighted by molar-refractivity contribution is 0.395. The Balaban J connectivity index is 2.09. The topological polar surface area (TPSA) is 104 Å². The van der Waals surface area contributed by atoms with Gasteiger partial charge in [0.05, 0.1) is 19.9 Å². The van der Waals surface area contributed by atoms with Crippen LogP contribution in [0.2, 0.25) is 0 Å². The minimum absolute atomic E-state index is 0.0308. The highest BCUT2D eigenvalue weighted by atomic mass is 32.2. The molecule has 0 spiro atoms. The number of hydrogen-bond acceptors (Lipinski definition) is 6. The van der Waals surface area contributed by atoms with Crippen molar-refractivity contribution in [2.75, 3.05) is 18.9 Å². The molecular weight excluding hydrogens is 384 g/mol. The normalized spacial score (nSPS) is 11.6. The van der Waals surface area contributed by atoms with Gasteiger partial charge in [0.1, 0.15) is 27.7 Å². The van der Waals surface area contributed by atoms with E-state index >= 15 is 0 Å². The minimum Gasteiger partial charge on any atom is -0.497 e. The van der Waals surface area contributed by atoms with E-state index in [4.69, 9.17) is 9.47 Å². The van der Waals surface area contributed by atoms with E-state index < -0.39 is 10.0 Å². The monoisotopic (exact) mass is 406 g/mol. The number of aryl methyl sites for hydroxylation is 2. The second kappa shape index (κ2) is 7.55. The van der Waals surface area contributed by atoms with Gasteiger partial charge < -0.3 is 9.47 Å². The van der Waals surface area contributed by atoms with Crippen LogP contribution in [0.15, 0.2) is 40.2 Å². The number of nitrogens with one attached hydrogen (secondary N) is 1. The van der Waals surface area contributed by atoms with Crippen LogP contribution in [-0.4, -0.2) is 36.8 Å². The Bertz CT molecular complexity index is 1160. The van der Waals surface area contributed by atoms with E-state index in [0.717, 1.165) is 0 Å². The van der Waals surface area contributed by atoms with Gasteiger partial charge in [-0.25, -0.2) is 13.1 Å². The number of benzene rings is 1. The molecule has 0 aliphatic rings.